The lowest BCUT2D eigenvalue weighted by atomic mass is 10.2. The topological polar surface area (TPSA) is 45.7 Å². The van der Waals surface area contributed by atoms with E-state index < -0.39 is 0 Å². The van der Waals surface area contributed by atoms with Gasteiger partial charge in [0.15, 0.2) is 5.13 Å². The summed E-state index contributed by atoms with van der Waals surface area (Å²) < 4.78 is 6.41. The van der Waals surface area contributed by atoms with Crippen LogP contribution in [0.25, 0.3) is 10.2 Å². The van der Waals surface area contributed by atoms with Crippen LogP contribution in [0.3, 0.4) is 0 Å². The smallest absolute Gasteiger partial charge is 0.261 e. The van der Waals surface area contributed by atoms with Crippen molar-refractivity contribution in [2.75, 3.05) is 44.3 Å². The van der Waals surface area contributed by atoms with Gasteiger partial charge in [-0.15, -0.1) is 0 Å². The quantitative estimate of drug-likeness (QED) is 0.422. The number of hydrogen-bond acceptors (Lipinski definition) is 5. The molecule has 3 aromatic rings. The molecule has 0 unspecified atom stereocenters. The van der Waals surface area contributed by atoms with Gasteiger partial charge >= 0.3 is 0 Å². The van der Waals surface area contributed by atoms with Crippen molar-refractivity contribution in [3.05, 3.63) is 56.5 Å². The number of thiazole rings is 1. The number of benzene rings is 2. The molecule has 1 saturated heterocycles. The summed E-state index contributed by atoms with van der Waals surface area (Å²) in [6, 6.07) is 8.72. The zero-order valence-corrected chi connectivity index (χ0v) is 20.1. The maximum Gasteiger partial charge on any atom is 0.261 e. The largest absolute Gasteiger partial charge is 0.379 e. The number of nitrogens with zero attached hydrogens (tertiary/aromatic N) is 3. The summed E-state index contributed by atoms with van der Waals surface area (Å²) in [4.78, 5) is 22.3. The van der Waals surface area contributed by atoms with Crippen LogP contribution in [0.15, 0.2) is 30.3 Å². The number of aromatic nitrogens is 1. The average Bonchev–Trinajstić information content (AvgIpc) is 3.20. The minimum Gasteiger partial charge on any atom is -0.379 e. The van der Waals surface area contributed by atoms with E-state index in [0.29, 0.717) is 32.3 Å². The molecule has 9 heteroatoms. The Morgan fingerprint density at radius 3 is 2.68 bits per heavy atom. The molecule has 5 nitrogen and oxygen atoms in total. The van der Waals surface area contributed by atoms with Gasteiger partial charge in [-0.1, -0.05) is 46.1 Å². The number of amides is 1. The number of hydrogen-bond donors (Lipinski definition) is 0. The average molecular weight is 499 g/mol. The van der Waals surface area contributed by atoms with Crippen molar-refractivity contribution in [1.82, 2.24) is 9.88 Å². The van der Waals surface area contributed by atoms with E-state index in [1.54, 1.807) is 23.1 Å². The zero-order valence-electron chi connectivity index (χ0n) is 17.0. The third-order valence-electron chi connectivity index (χ3n) is 5.33. The molecule has 1 amide bonds. The summed E-state index contributed by atoms with van der Waals surface area (Å²) in [5.41, 5.74) is 2.09. The summed E-state index contributed by atoms with van der Waals surface area (Å²) >= 11 is 20.2. The highest BCUT2D eigenvalue weighted by Crippen LogP contribution is 2.35. The number of morpholine rings is 1. The number of halogens is 3. The van der Waals surface area contributed by atoms with Gasteiger partial charge in [0, 0.05) is 36.2 Å². The molecule has 1 aliphatic heterocycles. The van der Waals surface area contributed by atoms with Crippen molar-refractivity contribution in [1.29, 1.82) is 0 Å². The van der Waals surface area contributed by atoms with Crippen LogP contribution in [0.2, 0.25) is 15.1 Å². The highest BCUT2D eigenvalue weighted by Gasteiger charge is 2.24. The van der Waals surface area contributed by atoms with Gasteiger partial charge in [-0.05, 0) is 49.2 Å². The molecule has 2 heterocycles. The Labute approximate surface area is 200 Å². The Hall–Kier alpha value is -1.41. The van der Waals surface area contributed by atoms with E-state index in [0.717, 1.165) is 55.0 Å². The second-order valence-electron chi connectivity index (χ2n) is 7.40. The first-order valence-electron chi connectivity index (χ1n) is 10.1. The Balaban J connectivity index is 1.64. The van der Waals surface area contributed by atoms with Crippen molar-refractivity contribution in [3.8, 4) is 0 Å². The fourth-order valence-electron chi connectivity index (χ4n) is 3.57. The maximum absolute atomic E-state index is 13.5. The lowest BCUT2D eigenvalue weighted by Gasteiger charge is -2.27. The SMILES string of the molecule is Cc1c(Cl)ccc2sc(N(CCCN3CCOCC3)C(=O)c3cc(Cl)ccc3Cl)nc12. The molecule has 0 radical (unpaired) electrons. The molecular weight excluding hydrogens is 477 g/mol. The van der Waals surface area contributed by atoms with E-state index in [-0.39, 0.29) is 5.91 Å². The minimum absolute atomic E-state index is 0.211. The first-order valence-corrected chi connectivity index (χ1v) is 12.0. The molecule has 0 bridgehead atoms. The molecule has 1 aromatic heterocycles. The zero-order chi connectivity index (χ0) is 22.0. The van der Waals surface area contributed by atoms with Gasteiger partial charge in [0.2, 0.25) is 0 Å². The highest BCUT2D eigenvalue weighted by molar-refractivity contribution is 7.22. The van der Waals surface area contributed by atoms with Gasteiger partial charge in [-0.25, -0.2) is 4.98 Å². The summed E-state index contributed by atoms with van der Waals surface area (Å²) in [5, 5.41) is 2.12. The first kappa shape index (κ1) is 22.8. The van der Waals surface area contributed by atoms with Crippen LogP contribution < -0.4 is 4.90 Å². The van der Waals surface area contributed by atoms with Gasteiger partial charge in [0.1, 0.15) is 0 Å². The van der Waals surface area contributed by atoms with Crippen molar-refractivity contribution < 1.29 is 9.53 Å². The number of aryl methyl sites for hydroxylation is 1. The molecule has 1 fully saturated rings. The second-order valence-corrected chi connectivity index (χ2v) is 9.66. The first-order chi connectivity index (χ1) is 14.9. The predicted molar refractivity (Wildman–Crippen MR) is 129 cm³/mol. The summed E-state index contributed by atoms with van der Waals surface area (Å²) in [6.07, 6.45) is 0.805. The second kappa shape index (κ2) is 10.0. The van der Waals surface area contributed by atoms with Crippen LogP contribution in [0, 0.1) is 6.92 Å². The number of rotatable bonds is 6. The van der Waals surface area contributed by atoms with Gasteiger partial charge in [0.05, 0.1) is 34.0 Å². The molecule has 0 spiro atoms. The van der Waals surface area contributed by atoms with Crippen LogP contribution in [0.1, 0.15) is 22.3 Å². The van der Waals surface area contributed by atoms with Crippen LogP contribution >= 0.6 is 46.1 Å². The normalized spacial score (nSPS) is 14.8. The Morgan fingerprint density at radius 2 is 1.90 bits per heavy atom. The molecule has 164 valence electrons. The molecule has 0 N–H and O–H groups in total. The van der Waals surface area contributed by atoms with Gasteiger partial charge in [0.25, 0.3) is 5.91 Å². The van der Waals surface area contributed by atoms with E-state index >= 15 is 0 Å². The fraction of sp³-hybridized carbons (Fsp3) is 0.364. The summed E-state index contributed by atoms with van der Waals surface area (Å²) in [6.45, 7) is 6.65. The van der Waals surface area contributed by atoms with Crippen molar-refractivity contribution >= 4 is 67.4 Å². The lowest BCUT2D eigenvalue weighted by molar-refractivity contribution is 0.0376. The molecule has 31 heavy (non-hydrogen) atoms. The molecule has 0 atom stereocenters. The third kappa shape index (κ3) is 5.16. The van der Waals surface area contributed by atoms with E-state index in [1.165, 1.54) is 11.3 Å². The molecule has 2 aromatic carbocycles. The van der Waals surface area contributed by atoms with E-state index in [1.807, 2.05) is 19.1 Å². The van der Waals surface area contributed by atoms with Gasteiger partial charge in [-0.2, -0.15) is 0 Å². The van der Waals surface area contributed by atoms with Crippen LogP contribution in [-0.2, 0) is 4.74 Å². The Morgan fingerprint density at radius 1 is 1.16 bits per heavy atom. The third-order valence-corrected chi connectivity index (χ3v) is 7.35. The van der Waals surface area contributed by atoms with Gasteiger partial charge in [-0.3, -0.25) is 14.6 Å². The number of ether oxygens (including phenoxy) is 1. The highest BCUT2D eigenvalue weighted by atomic mass is 35.5. The number of anilines is 1. The van der Waals surface area contributed by atoms with E-state index in [2.05, 4.69) is 4.90 Å². The maximum atomic E-state index is 13.5. The van der Waals surface area contributed by atoms with Crippen molar-refractivity contribution in [2.45, 2.75) is 13.3 Å². The Bertz CT molecular complexity index is 1100. The van der Waals surface area contributed by atoms with Gasteiger partial charge < -0.3 is 4.74 Å². The van der Waals surface area contributed by atoms with Crippen LogP contribution in [0.5, 0.6) is 0 Å². The molecule has 4 rings (SSSR count). The summed E-state index contributed by atoms with van der Waals surface area (Å²) in [7, 11) is 0. The molecule has 1 aliphatic rings. The minimum atomic E-state index is -0.211. The Kier molecular flexibility index (Phi) is 7.37. The van der Waals surface area contributed by atoms with Crippen molar-refractivity contribution in [2.24, 2.45) is 0 Å². The monoisotopic (exact) mass is 497 g/mol. The van der Waals surface area contributed by atoms with Crippen LogP contribution in [0.4, 0.5) is 5.13 Å². The number of carbonyl (C=O) groups excluding carboxylic acids is 1. The van der Waals surface area contributed by atoms with Crippen molar-refractivity contribution in [3.63, 3.8) is 0 Å². The molecule has 0 saturated carbocycles. The standard InChI is InChI=1S/C22H22Cl3N3O2S/c1-14-17(24)5-6-19-20(14)26-22(31-19)28(8-2-7-27-9-11-30-12-10-27)21(29)16-13-15(23)3-4-18(16)25/h3-6,13H,2,7-12H2,1H3. The van der Waals surface area contributed by atoms with E-state index in [9.17, 15) is 4.79 Å². The lowest BCUT2D eigenvalue weighted by Crippen LogP contribution is -2.39. The fourth-order valence-corrected chi connectivity index (χ4v) is 5.14. The predicted octanol–water partition coefficient (Wildman–Crippen LogP) is 5.93. The summed E-state index contributed by atoms with van der Waals surface area (Å²) in [5.74, 6) is -0.211. The molecular formula is C22H22Cl3N3O2S. The molecule has 0 aliphatic carbocycles. The number of fused-ring (bicyclic) bond motifs is 1. The number of carbonyl (C=O) groups is 1. The van der Waals surface area contributed by atoms with Crippen LogP contribution in [-0.4, -0.2) is 55.2 Å². The van der Waals surface area contributed by atoms with E-state index in [4.69, 9.17) is 44.5 Å².